The summed E-state index contributed by atoms with van der Waals surface area (Å²) >= 11 is 0. The van der Waals surface area contributed by atoms with E-state index in [1.165, 1.54) is 56.1 Å². The van der Waals surface area contributed by atoms with Crippen LogP contribution < -0.4 is 4.74 Å². The molecule has 2 aromatic carbocycles. The second-order valence-corrected chi connectivity index (χ2v) is 8.88. The molecule has 0 heterocycles. The van der Waals surface area contributed by atoms with E-state index in [1.807, 2.05) is 36.4 Å². The summed E-state index contributed by atoms with van der Waals surface area (Å²) in [6, 6.07) is 16.0. The summed E-state index contributed by atoms with van der Waals surface area (Å²) in [5, 5.41) is 0. The molecule has 1 aliphatic rings. The zero-order valence-corrected chi connectivity index (χ0v) is 18.3. The SMILES string of the molecule is CCCC1CCC(c2ccc(OC(=O)c3ccc(C[C@@H](C)CC)cc3)cc2)CC1. The van der Waals surface area contributed by atoms with Gasteiger partial charge in [-0.3, -0.25) is 0 Å². The Hall–Kier alpha value is -2.09. The summed E-state index contributed by atoms with van der Waals surface area (Å²) in [5.74, 6) is 2.59. The van der Waals surface area contributed by atoms with Gasteiger partial charge in [-0.25, -0.2) is 4.79 Å². The molecule has 0 radical (unpaired) electrons. The van der Waals surface area contributed by atoms with Crippen LogP contribution in [0.25, 0.3) is 0 Å². The molecule has 0 aliphatic heterocycles. The van der Waals surface area contributed by atoms with Crippen LogP contribution in [0.1, 0.15) is 93.1 Å². The lowest BCUT2D eigenvalue weighted by Crippen LogP contribution is -2.13. The first kappa shape index (κ1) is 21.6. The van der Waals surface area contributed by atoms with Crippen molar-refractivity contribution in [2.45, 2.75) is 78.1 Å². The predicted octanol–water partition coefficient (Wildman–Crippen LogP) is 7.57. The molecule has 0 aromatic heterocycles. The van der Waals surface area contributed by atoms with Gasteiger partial charge in [0.15, 0.2) is 0 Å². The highest BCUT2D eigenvalue weighted by molar-refractivity contribution is 5.91. The Morgan fingerprint density at radius 1 is 0.966 bits per heavy atom. The van der Waals surface area contributed by atoms with E-state index in [-0.39, 0.29) is 5.97 Å². The fourth-order valence-electron chi connectivity index (χ4n) is 4.49. The number of benzene rings is 2. The van der Waals surface area contributed by atoms with Crippen molar-refractivity contribution in [2.75, 3.05) is 0 Å². The maximum absolute atomic E-state index is 12.5. The number of esters is 1. The molecule has 29 heavy (non-hydrogen) atoms. The number of carbonyl (C=O) groups is 1. The monoisotopic (exact) mass is 392 g/mol. The zero-order chi connectivity index (χ0) is 20.6. The number of hydrogen-bond acceptors (Lipinski definition) is 2. The normalized spacial score (nSPS) is 20.2. The Kier molecular flexibility index (Phi) is 7.91. The van der Waals surface area contributed by atoms with Gasteiger partial charge in [-0.15, -0.1) is 0 Å². The molecule has 0 bridgehead atoms. The summed E-state index contributed by atoms with van der Waals surface area (Å²) < 4.78 is 5.59. The number of hydrogen-bond donors (Lipinski definition) is 0. The van der Waals surface area contributed by atoms with Crippen LogP contribution in [0, 0.1) is 11.8 Å². The topological polar surface area (TPSA) is 26.3 Å². The average Bonchev–Trinajstić information content (AvgIpc) is 2.75. The first-order valence-corrected chi connectivity index (χ1v) is 11.5. The first-order chi connectivity index (χ1) is 14.1. The van der Waals surface area contributed by atoms with Crippen molar-refractivity contribution < 1.29 is 9.53 Å². The minimum Gasteiger partial charge on any atom is -0.423 e. The van der Waals surface area contributed by atoms with Crippen molar-refractivity contribution in [3.8, 4) is 5.75 Å². The molecule has 0 unspecified atom stereocenters. The van der Waals surface area contributed by atoms with Crippen molar-refractivity contribution in [3.63, 3.8) is 0 Å². The standard InChI is InChI=1S/C27H36O2/c1-4-6-21-7-11-23(12-8-21)24-15-17-26(18-16-24)29-27(28)25-13-9-22(10-14-25)19-20(3)5-2/h9-10,13-18,20-21,23H,4-8,11-12,19H2,1-3H3/t20-,21?,23?/m0/s1. The molecule has 2 nitrogen and oxygen atoms in total. The molecular formula is C27H36O2. The van der Waals surface area contributed by atoms with E-state index in [9.17, 15) is 4.79 Å². The molecule has 1 atom stereocenters. The summed E-state index contributed by atoms with van der Waals surface area (Å²) in [4.78, 5) is 12.5. The fraction of sp³-hybridized carbons (Fsp3) is 0.519. The van der Waals surface area contributed by atoms with Gasteiger partial charge in [0.05, 0.1) is 5.56 Å². The van der Waals surface area contributed by atoms with Gasteiger partial charge in [0.25, 0.3) is 0 Å². The van der Waals surface area contributed by atoms with Gasteiger partial charge >= 0.3 is 5.97 Å². The molecule has 1 aliphatic carbocycles. The Morgan fingerprint density at radius 3 is 2.21 bits per heavy atom. The fourth-order valence-corrected chi connectivity index (χ4v) is 4.49. The third-order valence-electron chi connectivity index (χ3n) is 6.58. The highest BCUT2D eigenvalue weighted by Gasteiger charge is 2.21. The molecule has 1 fully saturated rings. The van der Waals surface area contributed by atoms with Crippen LogP contribution in [0.15, 0.2) is 48.5 Å². The van der Waals surface area contributed by atoms with E-state index in [0.29, 0.717) is 23.1 Å². The van der Waals surface area contributed by atoms with Gasteiger partial charge in [-0.2, -0.15) is 0 Å². The second-order valence-electron chi connectivity index (χ2n) is 8.88. The van der Waals surface area contributed by atoms with E-state index < -0.39 is 0 Å². The maximum Gasteiger partial charge on any atom is 0.343 e. The summed E-state index contributed by atoms with van der Waals surface area (Å²) in [7, 11) is 0. The van der Waals surface area contributed by atoms with Gasteiger partial charge in [0.1, 0.15) is 5.75 Å². The van der Waals surface area contributed by atoms with E-state index in [1.54, 1.807) is 0 Å². The van der Waals surface area contributed by atoms with Crippen LogP contribution in [0.3, 0.4) is 0 Å². The minimum absolute atomic E-state index is 0.284. The smallest absolute Gasteiger partial charge is 0.343 e. The van der Waals surface area contributed by atoms with Crippen LogP contribution in [-0.4, -0.2) is 5.97 Å². The zero-order valence-electron chi connectivity index (χ0n) is 18.3. The third-order valence-corrected chi connectivity index (χ3v) is 6.58. The molecule has 0 N–H and O–H groups in total. The van der Waals surface area contributed by atoms with E-state index in [0.717, 1.165) is 12.3 Å². The minimum atomic E-state index is -0.284. The quantitative estimate of drug-likeness (QED) is 0.342. The van der Waals surface area contributed by atoms with Gasteiger partial charge in [0, 0.05) is 0 Å². The van der Waals surface area contributed by atoms with Crippen LogP contribution in [0.2, 0.25) is 0 Å². The van der Waals surface area contributed by atoms with E-state index in [4.69, 9.17) is 4.74 Å². The summed E-state index contributed by atoms with van der Waals surface area (Å²) in [5.41, 5.74) is 3.26. The average molecular weight is 393 g/mol. The van der Waals surface area contributed by atoms with Crippen molar-refractivity contribution in [3.05, 3.63) is 65.2 Å². The van der Waals surface area contributed by atoms with E-state index in [2.05, 4.69) is 32.9 Å². The summed E-state index contributed by atoms with van der Waals surface area (Å²) in [6.07, 6.45) is 10.2. The molecule has 2 aromatic rings. The number of ether oxygens (including phenoxy) is 1. The maximum atomic E-state index is 12.5. The molecule has 3 rings (SSSR count). The van der Waals surface area contributed by atoms with E-state index >= 15 is 0 Å². The van der Waals surface area contributed by atoms with Crippen LogP contribution in [0.5, 0.6) is 5.75 Å². The van der Waals surface area contributed by atoms with Gasteiger partial charge in [-0.05, 0) is 85.3 Å². The lowest BCUT2D eigenvalue weighted by Gasteiger charge is -2.28. The molecule has 0 saturated heterocycles. The molecule has 0 amide bonds. The van der Waals surface area contributed by atoms with Gasteiger partial charge in [-0.1, -0.05) is 64.3 Å². The van der Waals surface area contributed by atoms with Crippen molar-refractivity contribution in [1.82, 2.24) is 0 Å². The largest absolute Gasteiger partial charge is 0.423 e. The lowest BCUT2D eigenvalue weighted by molar-refractivity contribution is 0.0734. The third kappa shape index (κ3) is 6.19. The molecule has 156 valence electrons. The van der Waals surface area contributed by atoms with Crippen molar-refractivity contribution >= 4 is 5.97 Å². The van der Waals surface area contributed by atoms with Gasteiger partial charge in [0.2, 0.25) is 0 Å². The Balaban J connectivity index is 1.53. The Bertz CT molecular complexity index is 752. The number of rotatable bonds is 8. The second kappa shape index (κ2) is 10.6. The van der Waals surface area contributed by atoms with Gasteiger partial charge < -0.3 is 4.74 Å². The molecule has 1 saturated carbocycles. The molecular weight excluding hydrogens is 356 g/mol. The van der Waals surface area contributed by atoms with Crippen molar-refractivity contribution in [1.29, 1.82) is 0 Å². The summed E-state index contributed by atoms with van der Waals surface area (Å²) in [6.45, 7) is 6.75. The highest BCUT2D eigenvalue weighted by atomic mass is 16.5. The molecule has 0 spiro atoms. The van der Waals surface area contributed by atoms with Crippen LogP contribution in [-0.2, 0) is 6.42 Å². The Labute approximate surface area is 176 Å². The lowest BCUT2D eigenvalue weighted by atomic mass is 9.77. The van der Waals surface area contributed by atoms with Crippen LogP contribution in [0.4, 0.5) is 0 Å². The highest BCUT2D eigenvalue weighted by Crippen LogP contribution is 2.37. The Morgan fingerprint density at radius 2 is 1.62 bits per heavy atom. The van der Waals surface area contributed by atoms with Crippen LogP contribution >= 0.6 is 0 Å². The number of carbonyl (C=O) groups excluding carboxylic acids is 1. The first-order valence-electron chi connectivity index (χ1n) is 11.5. The predicted molar refractivity (Wildman–Crippen MR) is 121 cm³/mol. The molecule has 2 heteroatoms. The van der Waals surface area contributed by atoms with Crippen molar-refractivity contribution in [2.24, 2.45) is 11.8 Å².